The van der Waals surface area contributed by atoms with Crippen molar-refractivity contribution in [3.8, 4) is 17.5 Å². The molecule has 1 aliphatic heterocycles. The van der Waals surface area contributed by atoms with E-state index in [1.807, 2.05) is 18.2 Å². The van der Waals surface area contributed by atoms with E-state index in [1.54, 1.807) is 25.3 Å². The molecule has 3 heterocycles. The first-order chi connectivity index (χ1) is 17.9. The molecular formula is C26H23Cl2N7O2. The van der Waals surface area contributed by atoms with Crippen molar-refractivity contribution in [2.45, 2.75) is 18.9 Å². The van der Waals surface area contributed by atoms with Crippen LogP contribution in [0.2, 0.25) is 10.0 Å². The molecule has 0 saturated carbocycles. The van der Waals surface area contributed by atoms with Gasteiger partial charge in [0, 0.05) is 43.3 Å². The Hall–Kier alpha value is -3.84. The largest absolute Gasteiger partial charge is 0.495 e. The van der Waals surface area contributed by atoms with Crippen LogP contribution >= 0.6 is 23.2 Å². The normalized spacial score (nSPS) is 14.0. The second-order valence-electron chi connectivity index (χ2n) is 8.69. The lowest BCUT2D eigenvalue weighted by Crippen LogP contribution is -2.39. The van der Waals surface area contributed by atoms with Crippen LogP contribution < -0.4 is 26.2 Å². The molecule has 1 saturated heterocycles. The highest BCUT2D eigenvalue weighted by molar-refractivity contribution is 6.37. The molecule has 0 aliphatic carbocycles. The number of rotatable bonds is 5. The molecule has 2 aromatic carbocycles. The van der Waals surface area contributed by atoms with Crippen LogP contribution in [0.25, 0.3) is 16.6 Å². The smallest absolute Gasteiger partial charge is 0.266 e. The molecule has 4 aromatic rings. The fourth-order valence-corrected chi connectivity index (χ4v) is 5.02. The Morgan fingerprint density at radius 1 is 1.19 bits per heavy atom. The zero-order valence-electron chi connectivity index (χ0n) is 19.9. The summed E-state index contributed by atoms with van der Waals surface area (Å²) in [6.07, 6.45) is 4.63. The molecule has 0 atom stereocenters. The number of nitrogens with two attached hydrogens (primary N) is 1. The van der Waals surface area contributed by atoms with Gasteiger partial charge in [-0.3, -0.25) is 9.36 Å². The molecule has 9 nitrogen and oxygen atoms in total. The zero-order valence-corrected chi connectivity index (χ0v) is 21.4. The maximum Gasteiger partial charge on any atom is 0.266 e. The van der Waals surface area contributed by atoms with Gasteiger partial charge in [-0.25, -0.2) is 9.97 Å². The van der Waals surface area contributed by atoms with E-state index in [0.717, 1.165) is 31.6 Å². The van der Waals surface area contributed by atoms with Crippen LogP contribution in [0, 0.1) is 11.3 Å². The number of hydrogen-bond donors (Lipinski definition) is 2. The van der Waals surface area contributed by atoms with Gasteiger partial charge in [-0.15, -0.1) is 0 Å². The first-order valence-corrected chi connectivity index (χ1v) is 12.4. The number of para-hydroxylation sites is 1. The quantitative estimate of drug-likeness (QED) is 0.379. The molecule has 1 aliphatic rings. The monoisotopic (exact) mass is 535 g/mol. The minimum Gasteiger partial charge on any atom is -0.495 e. The van der Waals surface area contributed by atoms with Gasteiger partial charge in [-0.2, -0.15) is 5.26 Å². The Kier molecular flexibility index (Phi) is 6.89. The van der Waals surface area contributed by atoms with E-state index in [1.165, 1.54) is 17.0 Å². The van der Waals surface area contributed by atoms with Crippen molar-refractivity contribution in [3.63, 3.8) is 0 Å². The highest BCUT2D eigenvalue weighted by atomic mass is 35.5. The summed E-state index contributed by atoms with van der Waals surface area (Å²) in [5.41, 5.74) is 7.97. The van der Waals surface area contributed by atoms with Crippen LogP contribution in [-0.2, 0) is 0 Å². The zero-order chi connectivity index (χ0) is 26.1. The topological polar surface area (TPSA) is 122 Å². The van der Waals surface area contributed by atoms with Crippen molar-refractivity contribution < 1.29 is 4.74 Å². The molecular weight excluding hydrogens is 513 g/mol. The Morgan fingerprint density at radius 3 is 2.59 bits per heavy atom. The van der Waals surface area contributed by atoms with E-state index in [0.29, 0.717) is 17.1 Å². The number of benzene rings is 2. The lowest BCUT2D eigenvalue weighted by Gasteiger charge is -2.33. The van der Waals surface area contributed by atoms with Gasteiger partial charge in [0.1, 0.15) is 17.3 Å². The fraction of sp³-hybridized carbons (Fsp3) is 0.231. The molecule has 5 rings (SSSR count). The van der Waals surface area contributed by atoms with Crippen LogP contribution in [0.5, 0.6) is 5.75 Å². The Bertz CT molecular complexity index is 1570. The summed E-state index contributed by atoms with van der Waals surface area (Å²) in [6, 6.07) is 13.0. The molecule has 2 aromatic heterocycles. The number of halogens is 2. The molecule has 0 spiro atoms. The first-order valence-electron chi connectivity index (χ1n) is 11.6. The van der Waals surface area contributed by atoms with Gasteiger partial charge in [-0.1, -0.05) is 29.3 Å². The number of nitrogens with zero attached hydrogens (tertiary/aromatic N) is 5. The summed E-state index contributed by atoms with van der Waals surface area (Å²) in [7, 11) is 1.63. The number of ether oxygens (including phenoxy) is 1. The molecule has 0 amide bonds. The standard InChI is InChI=1S/C26H23Cl2N7O2/c1-37-22-11-17(5-6-21(22)34-9-7-16(30)8-10-34)32-26-31-13-18-23(33-26)15(12-29)14-35(25(18)36)24-19(27)3-2-4-20(24)28/h2-6,11,13-14,16H,7-10,30H2,1H3,(H,31,32,33). The average molecular weight is 536 g/mol. The van der Waals surface area contributed by atoms with Gasteiger partial charge in [-0.05, 0) is 37.1 Å². The van der Waals surface area contributed by atoms with Crippen molar-refractivity contribution in [2.75, 3.05) is 30.4 Å². The SMILES string of the molecule is COc1cc(Nc2ncc3c(=O)n(-c4c(Cl)cccc4Cl)cc(C#N)c3n2)ccc1N1CCC(N)CC1. The Morgan fingerprint density at radius 2 is 1.92 bits per heavy atom. The average Bonchev–Trinajstić information content (AvgIpc) is 2.90. The summed E-state index contributed by atoms with van der Waals surface area (Å²) < 4.78 is 6.89. The summed E-state index contributed by atoms with van der Waals surface area (Å²) in [5, 5.41) is 13.7. The number of anilines is 3. The highest BCUT2D eigenvalue weighted by Crippen LogP contribution is 2.34. The third-order valence-corrected chi connectivity index (χ3v) is 6.98. The summed E-state index contributed by atoms with van der Waals surface area (Å²) in [5.74, 6) is 0.939. The second-order valence-corrected chi connectivity index (χ2v) is 9.51. The van der Waals surface area contributed by atoms with Crippen molar-refractivity contribution in [1.29, 1.82) is 5.26 Å². The number of piperidine rings is 1. The van der Waals surface area contributed by atoms with Crippen molar-refractivity contribution in [1.82, 2.24) is 14.5 Å². The Balaban J connectivity index is 1.50. The van der Waals surface area contributed by atoms with Crippen molar-refractivity contribution in [2.24, 2.45) is 5.73 Å². The van der Waals surface area contributed by atoms with Crippen molar-refractivity contribution in [3.05, 3.63) is 74.8 Å². The van der Waals surface area contributed by atoms with Gasteiger partial charge < -0.3 is 20.7 Å². The fourth-order valence-electron chi connectivity index (χ4n) is 4.44. The van der Waals surface area contributed by atoms with Gasteiger partial charge in [0.15, 0.2) is 0 Å². The van der Waals surface area contributed by atoms with Crippen LogP contribution in [0.3, 0.4) is 0 Å². The van der Waals surface area contributed by atoms with E-state index < -0.39 is 5.56 Å². The summed E-state index contributed by atoms with van der Waals surface area (Å²) in [6.45, 7) is 1.73. The lowest BCUT2D eigenvalue weighted by atomic mass is 10.1. The molecule has 37 heavy (non-hydrogen) atoms. The van der Waals surface area contributed by atoms with E-state index in [2.05, 4.69) is 26.3 Å². The third kappa shape index (κ3) is 4.79. The predicted molar refractivity (Wildman–Crippen MR) is 146 cm³/mol. The minimum atomic E-state index is -0.442. The van der Waals surface area contributed by atoms with Crippen molar-refractivity contribution >= 4 is 51.4 Å². The van der Waals surface area contributed by atoms with E-state index >= 15 is 0 Å². The molecule has 1 fully saturated rings. The number of methoxy groups -OCH3 is 1. The third-order valence-electron chi connectivity index (χ3n) is 6.37. The molecule has 11 heteroatoms. The van der Waals surface area contributed by atoms with Gasteiger partial charge in [0.05, 0.1) is 39.5 Å². The molecule has 188 valence electrons. The number of fused-ring (bicyclic) bond motifs is 1. The molecule has 3 N–H and O–H groups in total. The first kappa shape index (κ1) is 24.8. The maximum absolute atomic E-state index is 13.3. The molecule has 0 unspecified atom stereocenters. The highest BCUT2D eigenvalue weighted by Gasteiger charge is 2.20. The number of nitrogens with one attached hydrogen (secondary N) is 1. The summed E-state index contributed by atoms with van der Waals surface area (Å²) in [4.78, 5) is 24.3. The van der Waals surface area contributed by atoms with E-state index in [-0.39, 0.29) is 38.5 Å². The van der Waals surface area contributed by atoms with Gasteiger partial charge in [0.25, 0.3) is 5.56 Å². The molecule has 0 radical (unpaired) electrons. The molecule has 0 bridgehead atoms. The maximum atomic E-state index is 13.3. The Labute approximate surface area is 223 Å². The van der Waals surface area contributed by atoms with E-state index in [4.69, 9.17) is 33.7 Å². The van der Waals surface area contributed by atoms with Gasteiger partial charge in [0.2, 0.25) is 5.95 Å². The van der Waals surface area contributed by atoms with Gasteiger partial charge >= 0.3 is 0 Å². The second kappa shape index (κ2) is 10.3. The van der Waals surface area contributed by atoms with Crippen LogP contribution in [-0.4, -0.2) is 40.8 Å². The number of nitriles is 1. The lowest BCUT2D eigenvalue weighted by molar-refractivity contribution is 0.411. The predicted octanol–water partition coefficient (Wildman–Crippen LogP) is 4.64. The van der Waals surface area contributed by atoms with Crippen LogP contribution in [0.4, 0.5) is 17.3 Å². The van der Waals surface area contributed by atoms with Crippen LogP contribution in [0.15, 0.2) is 53.6 Å². The summed E-state index contributed by atoms with van der Waals surface area (Å²) >= 11 is 12.6. The van der Waals surface area contributed by atoms with E-state index in [9.17, 15) is 10.1 Å². The minimum absolute atomic E-state index is 0.164. The number of pyridine rings is 1. The van der Waals surface area contributed by atoms with Crippen LogP contribution in [0.1, 0.15) is 18.4 Å². The number of aromatic nitrogens is 3. The number of hydrogen-bond acceptors (Lipinski definition) is 8.